The highest BCUT2D eigenvalue weighted by Crippen LogP contribution is 2.38. The van der Waals surface area contributed by atoms with Crippen LogP contribution in [0.2, 0.25) is 15.1 Å². The number of amidine groups is 1. The maximum absolute atomic E-state index is 12.7. The van der Waals surface area contributed by atoms with E-state index in [4.69, 9.17) is 39.9 Å². The predicted octanol–water partition coefficient (Wildman–Crippen LogP) is 8.10. The number of aromatic nitrogens is 2. The summed E-state index contributed by atoms with van der Waals surface area (Å²) < 4.78 is 1.84. The van der Waals surface area contributed by atoms with E-state index in [0.717, 1.165) is 38.9 Å². The van der Waals surface area contributed by atoms with Gasteiger partial charge in [0.25, 0.3) is 5.91 Å². The van der Waals surface area contributed by atoms with E-state index >= 15 is 0 Å². The molecule has 4 aromatic rings. The fourth-order valence-electron chi connectivity index (χ4n) is 4.51. The largest absolute Gasteiger partial charge is 0.343 e. The molecule has 0 atom stereocenters. The van der Waals surface area contributed by atoms with Crippen molar-refractivity contribution in [2.45, 2.75) is 45.6 Å². The van der Waals surface area contributed by atoms with Crippen molar-refractivity contribution in [3.8, 4) is 28.1 Å². The second-order valence-electron chi connectivity index (χ2n) is 9.99. The monoisotopic (exact) mass is 608 g/mol. The van der Waals surface area contributed by atoms with E-state index in [0.29, 0.717) is 33.7 Å². The number of rotatable bonds is 6. The Balaban J connectivity index is 1.55. The maximum atomic E-state index is 12.7. The zero-order valence-corrected chi connectivity index (χ0v) is 25.6. The van der Waals surface area contributed by atoms with Crippen LogP contribution in [0, 0.1) is 11.8 Å². The first-order valence-corrected chi connectivity index (χ1v) is 14.8. The van der Waals surface area contributed by atoms with E-state index in [-0.39, 0.29) is 5.91 Å². The lowest BCUT2D eigenvalue weighted by Crippen LogP contribution is -2.44. The standard InChI is InChI=1S/C31H27Cl3N4OS/c1-5-23-27(29-35-30(39)31(2,3)37(29)4)36-38(25-16-14-21(33)18-24(25)34)28(23)26-17-15-22(40-26)9-7-6-8-19-10-12-20(32)13-11-19/h10-18H,5-6,8H2,1-4H3. The Bertz CT molecular complexity index is 1690. The molecule has 9 heteroatoms. The average Bonchev–Trinajstić information content (AvgIpc) is 3.59. The Morgan fingerprint density at radius 3 is 2.38 bits per heavy atom. The minimum absolute atomic E-state index is 0.194. The summed E-state index contributed by atoms with van der Waals surface area (Å²) >= 11 is 20.5. The third-order valence-electron chi connectivity index (χ3n) is 7.08. The SMILES string of the molecule is CCc1c(C2=NC(=O)C(C)(C)N2C)nn(-c2ccc(Cl)cc2Cl)c1-c1ccc(C#CCCc2ccc(Cl)cc2)s1. The van der Waals surface area contributed by atoms with Gasteiger partial charge in [0.2, 0.25) is 0 Å². The summed E-state index contributed by atoms with van der Waals surface area (Å²) in [4.78, 5) is 21.0. The van der Waals surface area contributed by atoms with E-state index in [1.54, 1.807) is 23.5 Å². The van der Waals surface area contributed by atoms with Crippen LogP contribution in [0.3, 0.4) is 0 Å². The average molecular weight is 610 g/mol. The number of amides is 1. The predicted molar refractivity (Wildman–Crippen MR) is 166 cm³/mol. The molecule has 0 unspecified atom stereocenters. The molecule has 5 nitrogen and oxygen atoms in total. The Morgan fingerprint density at radius 2 is 1.73 bits per heavy atom. The Morgan fingerprint density at radius 1 is 1.00 bits per heavy atom. The number of thiophene rings is 1. The van der Waals surface area contributed by atoms with Crippen molar-refractivity contribution in [3.63, 3.8) is 0 Å². The fraction of sp³-hybridized carbons (Fsp3) is 0.258. The maximum Gasteiger partial charge on any atom is 0.273 e. The molecule has 2 aromatic carbocycles. The van der Waals surface area contributed by atoms with Gasteiger partial charge in [0.05, 0.1) is 26.2 Å². The number of aliphatic imine (C=N–C) groups is 1. The molecular formula is C31H27Cl3N4OS. The van der Waals surface area contributed by atoms with Crippen molar-refractivity contribution in [1.29, 1.82) is 0 Å². The zero-order valence-electron chi connectivity index (χ0n) is 22.6. The molecular weight excluding hydrogens is 583 g/mol. The minimum atomic E-state index is -0.750. The van der Waals surface area contributed by atoms with Crippen LogP contribution in [-0.2, 0) is 17.6 Å². The van der Waals surface area contributed by atoms with Gasteiger partial charge < -0.3 is 4.90 Å². The van der Waals surface area contributed by atoms with E-state index in [2.05, 4.69) is 29.8 Å². The van der Waals surface area contributed by atoms with Gasteiger partial charge in [-0.05, 0) is 74.7 Å². The topological polar surface area (TPSA) is 50.5 Å². The Labute approximate surface area is 253 Å². The summed E-state index contributed by atoms with van der Waals surface area (Å²) in [5.74, 6) is 6.96. The van der Waals surface area contributed by atoms with Gasteiger partial charge in [-0.3, -0.25) is 4.79 Å². The molecule has 0 spiro atoms. The highest BCUT2D eigenvalue weighted by molar-refractivity contribution is 7.16. The molecule has 0 saturated carbocycles. The molecule has 0 saturated heterocycles. The molecule has 0 fully saturated rings. The quantitative estimate of drug-likeness (QED) is 0.208. The Hall–Kier alpha value is -3.08. The van der Waals surface area contributed by atoms with Crippen LogP contribution in [0.15, 0.2) is 59.6 Å². The Kier molecular flexibility index (Phi) is 8.13. The van der Waals surface area contributed by atoms with Crippen LogP contribution in [0.4, 0.5) is 0 Å². The van der Waals surface area contributed by atoms with E-state index in [9.17, 15) is 4.79 Å². The van der Waals surface area contributed by atoms with Gasteiger partial charge in [0.15, 0.2) is 5.84 Å². The number of aryl methyl sites for hydroxylation is 1. The second kappa shape index (κ2) is 11.4. The van der Waals surface area contributed by atoms with Gasteiger partial charge in [0, 0.05) is 29.1 Å². The van der Waals surface area contributed by atoms with Crippen molar-refractivity contribution < 1.29 is 4.79 Å². The molecule has 0 bridgehead atoms. The van der Waals surface area contributed by atoms with Crippen LogP contribution < -0.4 is 0 Å². The van der Waals surface area contributed by atoms with Gasteiger partial charge in [0.1, 0.15) is 11.2 Å². The fourth-order valence-corrected chi connectivity index (χ4v) is 6.07. The second-order valence-corrected chi connectivity index (χ2v) is 12.4. The number of hydrogen-bond acceptors (Lipinski definition) is 4. The molecule has 1 aliphatic heterocycles. The van der Waals surface area contributed by atoms with E-state index in [1.165, 1.54) is 5.56 Å². The minimum Gasteiger partial charge on any atom is -0.343 e. The summed E-state index contributed by atoms with van der Waals surface area (Å²) in [7, 11) is 1.88. The summed E-state index contributed by atoms with van der Waals surface area (Å²) in [5, 5.41) is 6.75. The highest BCUT2D eigenvalue weighted by atomic mass is 35.5. The van der Waals surface area contributed by atoms with Crippen molar-refractivity contribution in [1.82, 2.24) is 14.7 Å². The van der Waals surface area contributed by atoms with Gasteiger partial charge in [-0.15, -0.1) is 11.3 Å². The van der Waals surface area contributed by atoms with Crippen LogP contribution in [0.5, 0.6) is 0 Å². The van der Waals surface area contributed by atoms with Crippen molar-refractivity contribution in [2.24, 2.45) is 4.99 Å². The molecule has 3 heterocycles. The summed E-state index contributed by atoms with van der Waals surface area (Å²) in [6, 6.07) is 17.3. The number of benzene rings is 2. The highest BCUT2D eigenvalue weighted by Gasteiger charge is 2.42. The molecule has 5 rings (SSSR count). The number of carbonyl (C=O) groups is 1. The summed E-state index contributed by atoms with van der Waals surface area (Å²) in [5.41, 5.74) is 3.68. The molecule has 0 aliphatic carbocycles. The zero-order chi connectivity index (χ0) is 28.6. The molecule has 0 N–H and O–H groups in total. The van der Waals surface area contributed by atoms with Crippen molar-refractivity contribution >= 4 is 57.9 Å². The van der Waals surface area contributed by atoms with Crippen LogP contribution in [-0.4, -0.2) is 39.0 Å². The molecule has 0 radical (unpaired) electrons. The van der Waals surface area contributed by atoms with E-state index in [1.807, 2.05) is 66.9 Å². The summed E-state index contributed by atoms with van der Waals surface area (Å²) in [6.07, 6.45) is 2.28. The van der Waals surface area contributed by atoms with Crippen LogP contribution >= 0.6 is 46.1 Å². The molecule has 1 aliphatic rings. The van der Waals surface area contributed by atoms with Crippen LogP contribution in [0.1, 0.15) is 48.9 Å². The van der Waals surface area contributed by atoms with Crippen molar-refractivity contribution in [3.05, 3.63) is 91.4 Å². The summed E-state index contributed by atoms with van der Waals surface area (Å²) in [6.45, 7) is 5.80. The third kappa shape index (κ3) is 5.44. The molecule has 40 heavy (non-hydrogen) atoms. The van der Waals surface area contributed by atoms with Gasteiger partial charge >= 0.3 is 0 Å². The van der Waals surface area contributed by atoms with Gasteiger partial charge in [-0.2, -0.15) is 10.1 Å². The van der Waals surface area contributed by atoms with Gasteiger partial charge in [-0.1, -0.05) is 65.7 Å². The number of likely N-dealkylation sites (N-methyl/N-ethyl adjacent to an activating group) is 1. The molecule has 2 aromatic heterocycles. The van der Waals surface area contributed by atoms with Gasteiger partial charge in [-0.25, -0.2) is 4.68 Å². The smallest absolute Gasteiger partial charge is 0.273 e. The number of carbonyl (C=O) groups excluding carboxylic acids is 1. The van der Waals surface area contributed by atoms with Crippen molar-refractivity contribution in [2.75, 3.05) is 7.05 Å². The normalized spacial score (nSPS) is 14.3. The lowest BCUT2D eigenvalue weighted by Gasteiger charge is -2.27. The number of nitrogens with zero attached hydrogens (tertiary/aromatic N) is 4. The molecule has 204 valence electrons. The first kappa shape index (κ1) is 28.4. The number of hydrogen-bond donors (Lipinski definition) is 0. The lowest BCUT2D eigenvalue weighted by molar-refractivity contribution is -0.123. The third-order valence-corrected chi connectivity index (χ3v) is 8.87. The number of halogens is 3. The lowest BCUT2D eigenvalue weighted by atomic mass is 10.0. The van der Waals surface area contributed by atoms with E-state index < -0.39 is 5.54 Å². The first-order chi connectivity index (χ1) is 19.1. The molecule has 1 amide bonds. The first-order valence-electron chi connectivity index (χ1n) is 12.9. The van der Waals surface area contributed by atoms with Crippen LogP contribution in [0.25, 0.3) is 16.3 Å².